The van der Waals surface area contributed by atoms with Crippen molar-refractivity contribution in [1.29, 1.82) is 0 Å². The summed E-state index contributed by atoms with van der Waals surface area (Å²) in [6, 6.07) is 0. The second-order valence-corrected chi connectivity index (χ2v) is 7.63. The first-order valence-corrected chi connectivity index (χ1v) is 12.0. The number of hydrogen-bond donors (Lipinski definition) is 4. The van der Waals surface area contributed by atoms with E-state index in [0.29, 0.717) is 0 Å². The van der Waals surface area contributed by atoms with Crippen molar-refractivity contribution in [2.75, 3.05) is 0 Å². The van der Waals surface area contributed by atoms with Gasteiger partial charge in [0.2, 0.25) is 0 Å². The maximum atomic E-state index is 9.11. The fraction of sp³-hybridized carbons (Fsp3) is 0.500. The van der Waals surface area contributed by atoms with Crippen LogP contribution < -0.4 is 0 Å². The Kier molecular flexibility index (Phi) is 18.1. The van der Waals surface area contributed by atoms with E-state index < -0.39 is 38.0 Å². The van der Waals surface area contributed by atoms with E-state index in [1.807, 2.05) is 0 Å². The quantitative estimate of drug-likeness (QED) is 0.200. The van der Waals surface area contributed by atoms with E-state index in [1.54, 1.807) is 26.0 Å². The van der Waals surface area contributed by atoms with Crippen LogP contribution in [0.1, 0.15) is 13.8 Å². The zero-order valence-corrected chi connectivity index (χ0v) is 13.7. The van der Waals surface area contributed by atoms with Gasteiger partial charge in [0.1, 0.15) is 0 Å². The molecule has 0 amide bonds. The molecule has 102 valence electrons. The summed E-state index contributed by atoms with van der Waals surface area (Å²) in [6.45, 7) is 3.44. The van der Waals surface area contributed by atoms with Crippen LogP contribution in [-0.2, 0) is 4.47 Å². The van der Waals surface area contributed by atoms with Crippen LogP contribution in [0.25, 0.3) is 0 Å². The van der Waals surface area contributed by atoms with Gasteiger partial charge in [-0.2, -0.15) is 0 Å². The molecule has 0 atom stereocenters. The Hall–Kier alpha value is -0.108. The third kappa shape index (κ3) is 88.3. The molecule has 0 fully saturated rings. The molecular weight excluding hydrogens is 462 g/mol. The fourth-order valence-corrected chi connectivity index (χ4v) is 0.344. The standard InChI is InChI=1S/2C4H8O2.2H2O.2O.U/c2*1-2-3-4(5)6;;;;;/h2*2-6H,1H3;2*1H2;;;/q;;;;;;+2. The number of aliphatic hydroxyl groups is 4. The number of allylic oxidation sites excluding steroid dienone is 2. The minimum atomic E-state index is -5.34. The van der Waals surface area contributed by atoms with E-state index in [-0.39, 0.29) is 0 Å². The number of hydrogen-bond acceptors (Lipinski definition) is 6. The molecule has 8 N–H and O–H groups in total. The molecule has 0 radical (unpaired) electrons. The second kappa shape index (κ2) is 14.0. The van der Waals surface area contributed by atoms with Crippen molar-refractivity contribution in [3.05, 3.63) is 24.3 Å². The number of rotatable bonds is 2. The molecule has 0 aromatic heterocycles. The molecule has 0 aromatic rings. The Balaban J connectivity index is -0.000000174. The van der Waals surface area contributed by atoms with E-state index >= 15 is 0 Å². The van der Waals surface area contributed by atoms with E-state index in [0.717, 1.165) is 0 Å². The molecule has 0 aliphatic carbocycles. The fourth-order valence-electron chi connectivity index (χ4n) is 0.344. The third-order valence-corrected chi connectivity index (χ3v) is 0.729. The summed E-state index contributed by atoms with van der Waals surface area (Å²) in [5.74, 6) is 0. The summed E-state index contributed by atoms with van der Waals surface area (Å²) in [6.07, 6.45) is 3.14. The van der Waals surface area contributed by atoms with Crippen molar-refractivity contribution < 1.29 is 55.5 Å². The van der Waals surface area contributed by atoms with Gasteiger partial charge in [0, 0.05) is 0 Å². The van der Waals surface area contributed by atoms with Crippen molar-refractivity contribution >= 4 is 0 Å². The van der Waals surface area contributed by atoms with E-state index in [9.17, 15) is 0 Å². The monoisotopic (exact) mass is 482 g/mol. The average molecular weight is 482 g/mol. The summed E-state index contributed by atoms with van der Waals surface area (Å²) in [4.78, 5) is 0. The summed E-state index contributed by atoms with van der Waals surface area (Å²) in [5, 5.41) is 32.1. The van der Waals surface area contributed by atoms with Gasteiger partial charge in [-0.05, 0) is 26.0 Å². The summed E-state index contributed by atoms with van der Waals surface area (Å²) >= 11 is -5.34. The Morgan fingerprint density at radius 2 is 1.06 bits per heavy atom. The molecule has 0 spiro atoms. The van der Waals surface area contributed by atoms with Gasteiger partial charge in [-0.1, -0.05) is 12.2 Å². The predicted octanol–water partition coefficient (Wildman–Crippen LogP) is -2.14. The van der Waals surface area contributed by atoms with E-state index in [2.05, 4.69) is 0 Å². The van der Waals surface area contributed by atoms with Crippen LogP contribution in [0.4, 0.5) is 0 Å². The summed E-state index contributed by atoms with van der Waals surface area (Å²) < 4.78 is 29.7. The molecule has 0 saturated heterocycles. The molecule has 0 rings (SSSR count). The first-order chi connectivity index (χ1) is 7.54. The Labute approximate surface area is 106 Å². The molecule has 0 aromatic carbocycles. The number of aliphatic hydroxyl groups excluding tert-OH is 2. The van der Waals surface area contributed by atoms with Gasteiger partial charge in [-0.15, -0.1) is 0 Å². The maximum absolute atomic E-state index is 9.11. The molecule has 0 heterocycles. The van der Waals surface area contributed by atoms with Crippen molar-refractivity contribution in [1.82, 2.24) is 0 Å². The zero-order chi connectivity index (χ0) is 14.5. The topological polar surface area (TPSA) is 161 Å². The normalized spacial score (nSPS) is 11.4. The minimum absolute atomic E-state index is 1.28. The van der Waals surface area contributed by atoms with Crippen LogP contribution in [0.2, 0.25) is 0 Å². The molecule has 8 nitrogen and oxygen atoms in total. The molecule has 0 aliphatic heterocycles. The van der Waals surface area contributed by atoms with Crippen molar-refractivity contribution in [3.63, 3.8) is 0 Å². The van der Waals surface area contributed by atoms with Gasteiger partial charge in [0.05, 0.1) is 0 Å². The van der Waals surface area contributed by atoms with Crippen molar-refractivity contribution in [3.8, 4) is 0 Å². The van der Waals surface area contributed by atoms with Gasteiger partial charge in [-0.3, -0.25) is 0 Å². The SMILES string of the molecule is CC=CC(O)O.CC=CC(O)O.[O]=[U](=[O])([OH2+])[OH2+]. The second-order valence-electron chi connectivity index (χ2n) is 2.50. The van der Waals surface area contributed by atoms with Crippen molar-refractivity contribution in [2.45, 2.75) is 26.4 Å². The van der Waals surface area contributed by atoms with Gasteiger partial charge in [-0.25, -0.2) is 0 Å². The molecule has 0 unspecified atom stereocenters. The molecule has 17 heavy (non-hydrogen) atoms. The summed E-state index contributed by atoms with van der Waals surface area (Å²) in [5.41, 5.74) is 0. The first-order valence-electron chi connectivity index (χ1n) is 4.43. The van der Waals surface area contributed by atoms with Crippen LogP contribution in [-0.4, -0.2) is 38.2 Å². The third-order valence-electron chi connectivity index (χ3n) is 0.729. The van der Waals surface area contributed by atoms with Crippen molar-refractivity contribution in [2.24, 2.45) is 0 Å². The van der Waals surface area contributed by atoms with E-state index in [1.165, 1.54) is 12.2 Å². The van der Waals surface area contributed by atoms with Gasteiger partial charge in [0.25, 0.3) is 0 Å². The van der Waals surface area contributed by atoms with E-state index in [4.69, 9.17) is 30.1 Å². The van der Waals surface area contributed by atoms with Gasteiger partial charge in [0.15, 0.2) is 12.6 Å². The van der Waals surface area contributed by atoms with Crippen LogP contribution >= 0.6 is 0 Å². The van der Waals surface area contributed by atoms with Crippen LogP contribution in [0.3, 0.4) is 0 Å². The van der Waals surface area contributed by atoms with Crippen LogP contribution in [0.5, 0.6) is 0 Å². The molecule has 0 saturated carbocycles. The zero-order valence-electron chi connectivity index (χ0n) is 9.57. The first kappa shape index (κ1) is 22.1. The average Bonchev–Trinajstić information content (AvgIpc) is 2.00. The predicted molar refractivity (Wildman–Crippen MR) is 54.7 cm³/mol. The van der Waals surface area contributed by atoms with Gasteiger partial charge >= 0.3 is 35.1 Å². The molecule has 0 bridgehead atoms. The molecule has 9 heteroatoms. The Bertz CT molecular complexity index is 267. The Morgan fingerprint density at radius 1 is 0.882 bits per heavy atom. The van der Waals surface area contributed by atoms with Gasteiger partial charge < -0.3 is 20.4 Å². The van der Waals surface area contributed by atoms with Crippen LogP contribution in [0.15, 0.2) is 24.3 Å². The molecule has 0 aliphatic rings. The Morgan fingerprint density at radius 3 is 1.06 bits per heavy atom. The van der Waals surface area contributed by atoms with Crippen LogP contribution in [0, 0.1) is 25.4 Å². The summed E-state index contributed by atoms with van der Waals surface area (Å²) in [7, 11) is 0. The molecular formula is C8H20O8U+2.